The Morgan fingerprint density at radius 1 is 1.08 bits per heavy atom. The summed E-state index contributed by atoms with van der Waals surface area (Å²) < 4.78 is 23.0. The van der Waals surface area contributed by atoms with Gasteiger partial charge in [-0.05, 0) is 55.3 Å². The second-order valence-electron chi connectivity index (χ2n) is 9.34. The van der Waals surface area contributed by atoms with Crippen LogP contribution in [0, 0.1) is 18.3 Å². The van der Waals surface area contributed by atoms with Gasteiger partial charge in [-0.2, -0.15) is 5.26 Å². The summed E-state index contributed by atoms with van der Waals surface area (Å²) in [6, 6.07) is 20.0. The second kappa shape index (κ2) is 11.1. The smallest absolute Gasteiger partial charge is 0.379 e. The summed E-state index contributed by atoms with van der Waals surface area (Å²) in [6.07, 6.45) is 3.25. The van der Waals surface area contributed by atoms with E-state index in [1.807, 2.05) is 24.3 Å². The molecule has 7 nitrogen and oxygen atoms in total. The molecule has 0 amide bonds. The average molecular weight is 543 g/mol. The van der Waals surface area contributed by atoms with E-state index < -0.39 is 11.9 Å². The summed E-state index contributed by atoms with van der Waals surface area (Å²) in [5.74, 6) is 0.412. The summed E-state index contributed by atoms with van der Waals surface area (Å²) >= 11 is 6.09. The van der Waals surface area contributed by atoms with Crippen LogP contribution >= 0.6 is 11.6 Å². The topological polar surface area (TPSA) is 108 Å². The fraction of sp³-hybridized carbons (Fsp3) is 0.226. The Morgan fingerprint density at radius 3 is 2.59 bits per heavy atom. The van der Waals surface area contributed by atoms with E-state index in [4.69, 9.17) is 36.0 Å². The number of aryl methyl sites for hydroxylation is 1. The molecule has 4 aromatic rings. The van der Waals surface area contributed by atoms with Gasteiger partial charge in [0.2, 0.25) is 11.6 Å². The first kappa shape index (κ1) is 26.2. The van der Waals surface area contributed by atoms with Gasteiger partial charge in [0.15, 0.2) is 0 Å². The Bertz CT molecular complexity index is 1610. The molecule has 1 atom stereocenters. The van der Waals surface area contributed by atoms with Crippen LogP contribution in [0.25, 0.3) is 11.0 Å². The standard InChI is InChI=1S/C31H27ClN2O5/c1-3-4-5-14-36-21-9-6-19(7-10-21)28-23-12-11-22(16-27(23)39-30(34)25(28)17-33)37-31(35)29-18(2)24-15-20(32)8-13-26(24)38-29/h6-13,15-16,28H,3-5,14,34H2,1-2H3. The van der Waals surface area contributed by atoms with Crippen molar-refractivity contribution < 1.29 is 23.4 Å². The van der Waals surface area contributed by atoms with Crippen molar-refractivity contribution in [2.45, 2.75) is 39.0 Å². The highest BCUT2D eigenvalue weighted by molar-refractivity contribution is 6.31. The van der Waals surface area contributed by atoms with Gasteiger partial charge >= 0.3 is 5.97 Å². The number of nitriles is 1. The largest absolute Gasteiger partial charge is 0.494 e. The minimum atomic E-state index is -0.650. The molecule has 0 saturated heterocycles. The lowest BCUT2D eigenvalue weighted by Gasteiger charge is -2.26. The van der Waals surface area contributed by atoms with E-state index in [0.717, 1.165) is 41.5 Å². The zero-order chi connectivity index (χ0) is 27.5. The molecule has 1 aliphatic rings. The number of allylic oxidation sites excluding steroid dienone is 1. The predicted molar refractivity (Wildman–Crippen MR) is 148 cm³/mol. The van der Waals surface area contributed by atoms with Crippen LogP contribution in [-0.4, -0.2) is 12.6 Å². The van der Waals surface area contributed by atoms with E-state index in [1.165, 1.54) is 0 Å². The number of benzene rings is 3. The van der Waals surface area contributed by atoms with Crippen LogP contribution in [0.2, 0.25) is 5.02 Å². The van der Waals surface area contributed by atoms with Crippen LogP contribution in [-0.2, 0) is 0 Å². The number of furan rings is 1. The van der Waals surface area contributed by atoms with Gasteiger partial charge in [0, 0.05) is 27.6 Å². The molecule has 5 rings (SSSR count). The highest BCUT2D eigenvalue weighted by Gasteiger charge is 2.31. The summed E-state index contributed by atoms with van der Waals surface area (Å²) in [5, 5.41) is 11.1. The number of halogens is 1. The molecule has 0 fully saturated rings. The van der Waals surface area contributed by atoms with Gasteiger partial charge in [0.25, 0.3) is 0 Å². The first-order valence-electron chi connectivity index (χ1n) is 12.7. The molecule has 0 bridgehead atoms. The number of hydrogen-bond acceptors (Lipinski definition) is 7. The van der Waals surface area contributed by atoms with E-state index in [0.29, 0.717) is 34.1 Å². The summed E-state index contributed by atoms with van der Waals surface area (Å²) in [5.41, 5.74) is 9.22. The maximum absolute atomic E-state index is 13.0. The third-order valence-corrected chi connectivity index (χ3v) is 6.95. The maximum atomic E-state index is 13.0. The summed E-state index contributed by atoms with van der Waals surface area (Å²) in [7, 11) is 0. The van der Waals surface area contributed by atoms with Gasteiger partial charge in [-0.1, -0.05) is 49.6 Å². The van der Waals surface area contributed by atoms with Crippen LogP contribution < -0.4 is 19.9 Å². The Hall–Kier alpha value is -4.41. The molecular formula is C31H27ClN2O5. The fourth-order valence-corrected chi connectivity index (χ4v) is 4.85. The predicted octanol–water partition coefficient (Wildman–Crippen LogP) is 7.40. The lowest BCUT2D eigenvalue weighted by atomic mass is 9.83. The number of rotatable bonds is 8. The number of fused-ring (bicyclic) bond motifs is 2. The van der Waals surface area contributed by atoms with E-state index in [9.17, 15) is 10.1 Å². The Labute approximate surface area is 231 Å². The van der Waals surface area contributed by atoms with E-state index in [2.05, 4.69) is 13.0 Å². The first-order chi connectivity index (χ1) is 18.9. The Morgan fingerprint density at radius 2 is 1.85 bits per heavy atom. The van der Waals surface area contributed by atoms with Crippen molar-refractivity contribution in [2.75, 3.05) is 6.61 Å². The van der Waals surface area contributed by atoms with Gasteiger partial charge in [-0.3, -0.25) is 0 Å². The average Bonchev–Trinajstić information content (AvgIpc) is 3.26. The van der Waals surface area contributed by atoms with Gasteiger partial charge in [0.1, 0.15) is 34.5 Å². The van der Waals surface area contributed by atoms with Crippen LogP contribution in [0.1, 0.15) is 59.3 Å². The van der Waals surface area contributed by atoms with Crippen molar-refractivity contribution in [1.29, 1.82) is 5.26 Å². The summed E-state index contributed by atoms with van der Waals surface area (Å²) in [4.78, 5) is 13.0. The molecule has 198 valence electrons. The molecule has 0 saturated carbocycles. The van der Waals surface area contributed by atoms with Gasteiger partial charge in [-0.15, -0.1) is 0 Å². The van der Waals surface area contributed by atoms with Crippen molar-refractivity contribution in [2.24, 2.45) is 5.73 Å². The van der Waals surface area contributed by atoms with Crippen LogP contribution in [0.15, 0.2) is 76.5 Å². The van der Waals surface area contributed by atoms with Crippen LogP contribution in [0.4, 0.5) is 0 Å². The second-order valence-corrected chi connectivity index (χ2v) is 9.77. The SMILES string of the molecule is CCCCCOc1ccc(C2C(C#N)=C(N)Oc3cc(OC(=O)c4oc5ccc(Cl)cc5c4C)ccc32)cc1. The normalized spacial score (nSPS) is 14.5. The highest BCUT2D eigenvalue weighted by Crippen LogP contribution is 2.44. The number of nitrogens with zero attached hydrogens (tertiary/aromatic N) is 1. The van der Waals surface area contributed by atoms with Crippen molar-refractivity contribution in [3.05, 3.63) is 99.6 Å². The van der Waals surface area contributed by atoms with Crippen LogP contribution in [0.3, 0.4) is 0 Å². The van der Waals surface area contributed by atoms with Gasteiger partial charge < -0.3 is 24.4 Å². The third-order valence-electron chi connectivity index (χ3n) is 6.71. The molecule has 2 heterocycles. The monoisotopic (exact) mass is 542 g/mol. The lowest BCUT2D eigenvalue weighted by Crippen LogP contribution is -2.21. The van der Waals surface area contributed by atoms with Crippen molar-refractivity contribution in [3.63, 3.8) is 0 Å². The molecule has 1 aromatic heterocycles. The number of esters is 1. The molecule has 0 radical (unpaired) electrons. The van der Waals surface area contributed by atoms with Crippen molar-refractivity contribution in [3.8, 4) is 23.3 Å². The van der Waals surface area contributed by atoms with Crippen molar-refractivity contribution >= 4 is 28.5 Å². The number of ether oxygens (including phenoxy) is 3. The lowest BCUT2D eigenvalue weighted by molar-refractivity contribution is 0.0702. The molecule has 0 spiro atoms. The molecule has 1 unspecified atom stereocenters. The van der Waals surface area contributed by atoms with E-state index in [1.54, 1.807) is 43.3 Å². The molecule has 39 heavy (non-hydrogen) atoms. The quantitative estimate of drug-likeness (QED) is 0.140. The highest BCUT2D eigenvalue weighted by atomic mass is 35.5. The molecule has 1 aliphatic heterocycles. The minimum Gasteiger partial charge on any atom is -0.494 e. The molecule has 3 aromatic carbocycles. The Balaban J connectivity index is 1.40. The zero-order valence-corrected chi connectivity index (χ0v) is 22.4. The number of nitrogens with two attached hydrogens (primary N) is 1. The molecule has 0 aliphatic carbocycles. The van der Waals surface area contributed by atoms with Gasteiger partial charge in [-0.25, -0.2) is 4.79 Å². The summed E-state index contributed by atoms with van der Waals surface area (Å²) in [6.45, 7) is 4.58. The molecule has 8 heteroatoms. The third kappa shape index (κ3) is 5.29. The van der Waals surface area contributed by atoms with Gasteiger partial charge in [0.05, 0.1) is 12.5 Å². The Kier molecular flexibility index (Phi) is 7.49. The number of carbonyl (C=O) groups excluding carboxylic acids is 1. The van der Waals surface area contributed by atoms with Crippen LogP contribution in [0.5, 0.6) is 17.2 Å². The maximum Gasteiger partial charge on any atom is 0.379 e. The molecule has 2 N–H and O–H groups in total. The van der Waals surface area contributed by atoms with E-state index >= 15 is 0 Å². The minimum absolute atomic E-state index is 0.00313. The molecular weight excluding hydrogens is 516 g/mol. The first-order valence-corrected chi connectivity index (χ1v) is 13.1. The van der Waals surface area contributed by atoms with Crippen molar-refractivity contribution in [1.82, 2.24) is 0 Å². The number of unbranched alkanes of at least 4 members (excludes halogenated alkanes) is 2. The number of hydrogen-bond donors (Lipinski definition) is 1. The number of carbonyl (C=O) groups is 1. The zero-order valence-electron chi connectivity index (χ0n) is 21.6. The van der Waals surface area contributed by atoms with E-state index in [-0.39, 0.29) is 17.4 Å². The fourth-order valence-electron chi connectivity index (χ4n) is 4.68.